The summed E-state index contributed by atoms with van der Waals surface area (Å²) in [5.41, 5.74) is -1.35. The summed E-state index contributed by atoms with van der Waals surface area (Å²) in [6, 6.07) is 0. The molecule has 1 heterocycles. The molecule has 0 aromatic carbocycles. The molecule has 1 unspecified atom stereocenters. The zero-order chi connectivity index (χ0) is 15.0. The predicted molar refractivity (Wildman–Crippen MR) is 79.2 cm³/mol. The number of piperazine rings is 1. The van der Waals surface area contributed by atoms with E-state index in [1.165, 1.54) is 6.42 Å². The molecule has 1 N–H and O–H groups in total. The number of carbonyl (C=O) groups is 2. The molecule has 1 atom stereocenters. The van der Waals surface area contributed by atoms with E-state index in [-0.39, 0.29) is 11.8 Å². The van der Waals surface area contributed by atoms with Crippen molar-refractivity contribution in [3.63, 3.8) is 0 Å². The third-order valence-electron chi connectivity index (χ3n) is 5.14. The first kappa shape index (κ1) is 15.3. The first-order valence-electron chi connectivity index (χ1n) is 7.98. The lowest BCUT2D eigenvalue weighted by atomic mass is 9.76. The molecule has 4 nitrogen and oxygen atoms in total. The van der Waals surface area contributed by atoms with Crippen LogP contribution in [0.2, 0.25) is 0 Å². The predicted octanol–water partition coefficient (Wildman–Crippen LogP) is 2.47. The molecule has 1 spiro atoms. The lowest BCUT2D eigenvalue weighted by Crippen LogP contribution is -2.74. The topological polar surface area (TPSA) is 49.4 Å². The molecule has 2 fully saturated rings. The quantitative estimate of drug-likeness (QED) is 0.863. The molecule has 20 heavy (non-hydrogen) atoms. The summed E-state index contributed by atoms with van der Waals surface area (Å²) in [4.78, 5) is 27.4. The highest BCUT2D eigenvalue weighted by atomic mass is 16.2. The van der Waals surface area contributed by atoms with Gasteiger partial charge in [-0.05, 0) is 32.6 Å². The standard InChI is InChI=1S/C16H28N2O2/c1-5-12(2)11-18-14(20)16(9-7-6-8-10-16)17-13(19)15(18,3)4/h12H,5-11H2,1-4H3,(H,17,19). The second kappa shape index (κ2) is 5.38. The third-order valence-corrected chi connectivity index (χ3v) is 5.14. The highest BCUT2D eigenvalue weighted by molar-refractivity contribution is 6.01. The Hall–Kier alpha value is -1.06. The number of nitrogens with zero attached hydrogens (tertiary/aromatic N) is 1. The summed E-state index contributed by atoms with van der Waals surface area (Å²) in [6.45, 7) is 8.67. The van der Waals surface area contributed by atoms with Crippen molar-refractivity contribution >= 4 is 11.8 Å². The highest BCUT2D eigenvalue weighted by Crippen LogP contribution is 2.36. The summed E-state index contributed by atoms with van der Waals surface area (Å²) in [7, 11) is 0. The first-order chi connectivity index (χ1) is 9.33. The van der Waals surface area contributed by atoms with E-state index in [9.17, 15) is 9.59 Å². The van der Waals surface area contributed by atoms with Crippen molar-refractivity contribution in [1.82, 2.24) is 10.2 Å². The maximum absolute atomic E-state index is 13.0. The van der Waals surface area contributed by atoms with Gasteiger partial charge in [0.15, 0.2) is 0 Å². The van der Waals surface area contributed by atoms with Gasteiger partial charge in [0.25, 0.3) is 0 Å². The Labute approximate surface area is 122 Å². The average molecular weight is 280 g/mol. The van der Waals surface area contributed by atoms with Gasteiger partial charge in [-0.3, -0.25) is 9.59 Å². The molecule has 0 aromatic rings. The van der Waals surface area contributed by atoms with Gasteiger partial charge in [-0.1, -0.05) is 39.5 Å². The maximum atomic E-state index is 13.0. The van der Waals surface area contributed by atoms with Gasteiger partial charge in [-0.2, -0.15) is 0 Å². The summed E-state index contributed by atoms with van der Waals surface area (Å²) in [5, 5.41) is 3.06. The Balaban J connectivity index is 2.29. The Kier molecular flexibility index (Phi) is 4.12. The molecule has 0 bridgehead atoms. The highest BCUT2D eigenvalue weighted by Gasteiger charge is 2.54. The smallest absolute Gasteiger partial charge is 0.249 e. The van der Waals surface area contributed by atoms with Crippen LogP contribution in [0.25, 0.3) is 0 Å². The number of hydrogen-bond donors (Lipinski definition) is 1. The fraction of sp³-hybridized carbons (Fsp3) is 0.875. The lowest BCUT2D eigenvalue weighted by Gasteiger charge is -2.51. The van der Waals surface area contributed by atoms with E-state index in [4.69, 9.17) is 0 Å². The van der Waals surface area contributed by atoms with Crippen LogP contribution in [0.5, 0.6) is 0 Å². The first-order valence-corrected chi connectivity index (χ1v) is 7.98. The van der Waals surface area contributed by atoms with Crippen LogP contribution < -0.4 is 5.32 Å². The molecule has 2 rings (SSSR count). The van der Waals surface area contributed by atoms with Gasteiger partial charge in [-0.15, -0.1) is 0 Å². The molecule has 1 saturated heterocycles. The minimum Gasteiger partial charge on any atom is -0.340 e. The van der Waals surface area contributed by atoms with Gasteiger partial charge in [0, 0.05) is 6.54 Å². The normalized spacial score (nSPS) is 26.5. The summed E-state index contributed by atoms with van der Waals surface area (Å²) in [5.74, 6) is 0.564. The molecular weight excluding hydrogens is 252 g/mol. The van der Waals surface area contributed by atoms with Crippen molar-refractivity contribution in [2.75, 3.05) is 6.54 Å². The summed E-state index contributed by atoms with van der Waals surface area (Å²) >= 11 is 0. The fourth-order valence-electron chi connectivity index (χ4n) is 3.30. The van der Waals surface area contributed by atoms with Crippen LogP contribution >= 0.6 is 0 Å². The van der Waals surface area contributed by atoms with Crippen LogP contribution in [0.4, 0.5) is 0 Å². The number of hydrogen-bond acceptors (Lipinski definition) is 2. The Morgan fingerprint density at radius 3 is 2.35 bits per heavy atom. The second-order valence-electron chi connectivity index (χ2n) is 7.09. The molecule has 0 radical (unpaired) electrons. The minimum absolute atomic E-state index is 0.00213. The van der Waals surface area contributed by atoms with Crippen LogP contribution in [0.1, 0.15) is 66.2 Å². The van der Waals surface area contributed by atoms with Crippen molar-refractivity contribution in [2.45, 2.75) is 77.3 Å². The largest absolute Gasteiger partial charge is 0.340 e. The van der Waals surface area contributed by atoms with E-state index < -0.39 is 11.1 Å². The third kappa shape index (κ3) is 2.45. The van der Waals surface area contributed by atoms with Crippen LogP contribution in [-0.2, 0) is 9.59 Å². The second-order valence-corrected chi connectivity index (χ2v) is 7.09. The molecule has 2 aliphatic rings. The van der Waals surface area contributed by atoms with Crippen LogP contribution in [-0.4, -0.2) is 34.3 Å². The van der Waals surface area contributed by atoms with Gasteiger partial charge >= 0.3 is 0 Å². The van der Waals surface area contributed by atoms with E-state index in [1.807, 2.05) is 18.7 Å². The van der Waals surface area contributed by atoms with E-state index >= 15 is 0 Å². The van der Waals surface area contributed by atoms with Crippen molar-refractivity contribution in [3.8, 4) is 0 Å². The number of carbonyl (C=O) groups excluding carboxylic acids is 2. The fourth-order valence-corrected chi connectivity index (χ4v) is 3.30. The average Bonchev–Trinajstić information content (AvgIpc) is 2.43. The molecule has 1 aliphatic heterocycles. The van der Waals surface area contributed by atoms with Gasteiger partial charge < -0.3 is 10.2 Å². The SMILES string of the molecule is CCC(C)CN1C(=O)C2(CCCCC2)NC(=O)C1(C)C. The van der Waals surface area contributed by atoms with Gasteiger partial charge in [0.05, 0.1) is 0 Å². The minimum atomic E-state index is -0.733. The Bertz CT molecular complexity index is 397. The number of amides is 2. The van der Waals surface area contributed by atoms with Crippen LogP contribution in [0, 0.1) is 5.92 Å². The lowest BCUT2D eigenvalue weighted by molar-refractivity contribution is -0.163. The molecule has 114 valence electrons. The van der Waals surface area contributed by atoms with E-state index in [1.54, 1.807) is 0 Å². The molecule has 0 aromatic heterocycles. The van der Waals surface area contributed by atoms with Crippen molar-refractivity contribution in [1.29, 1.82) is 0 Å². The van der Waals surface area contributed by atoms with Gasteiger partial charge in [0.2, 0.25) is 11.8 Å². The molecule has 1 aliphatic carbocycles. The summed E-state index contributed by atoms with van der Waals surface area (Å²) in [6.07, 6.45) is 5.84. The van der Waals surface area contributed by atoms with Crippen molar-refractivity contribution in [2.24, 2.45) is 5.92 Å². The molecule has 4 heteroatoms. The monoisotopic (exact) mass is 280 g/mol. The Morgan fingerprint density at radius 2 is 1.80 bits per heavy atom. The van der Waals surface area contributed by atoms with Crippen LogP contribution in [0.3, 0.4) is 0 Å². The molecular formula is C16H28N2O2. The molecule has 2 amide bonds. The zero-order valence-corrected chi connectivity index (χ0v) is 13.3. The van der Waals surface area contributed by atoms with E-state index in [2.05, 4.69) is 19.2 Å². The number of rotatable bonds is 3. The van der Waals surface area contributed by atoms with Crippen LogP contribution in [0.15, 0.2) is 0 Å². The van der Waals surface area contributed by atoms with E-state index in [0.717, 1.165) is 32.1 Å². The Morgan fingerprint density at radius 1 is 1.20 bits per heavy atom. The van der Waals surface area contributed by atoms with E-state index in [0.29, 0.717) is 12.5 Å². The van der Waals surface area contributed by atoms with Crippen molar-refractivity contribution in [3.05, 3.63) is 0 Å². The maximum Gasteiger partial charge on any atom is 0.249 e. The molecule has 1 saturated carbocycles. The number of nitrogens with one attached hydrogen (secondary N) is 1. The van der Waals surface area contributed by atoms with Gasteiger partial charge in [0.1, 0.15) is 11.1 Å². The van der Waals surface area contributed by atoms with Crippen molar-refractivity contribution < 1.29 is 9.59 Å². The summed E-state index contributed by atoms with van der Waals surface area (Å²) < 4.78 is 0. The zero-order valence-electron chi connectivity index (χ0n) is 13.3. The van der Waals surface area contributed by atoms with Gasteiger partial charge in [-0.25, -0.2) is 0 Å².